The molecule has 0 bridgehead atoms. The van der Waals surface area contributed by atoms with Gasteiger partial charge in [-0.15, -0.1) is 15.3 Å². The van der Waals surface area contributed by atoms with Crippen LogP contribution in [0.5, 0.6) is 0 Å². The normalized spacial score (nSPS) is 12.0. The van der Waals surface area contributed by atoms with Crippen LogP contribution in [0, 0.1) is 11.8 Å². The number of nitrogens with zero attached hydrogens (tertiary/aromatic N) is 10. The third-order valence-electron chi connectivity index (χ3n) is 4.47. The van der Waals surface area contributed by atoms with Gasteiger partial charge in [-0.05, 0) is 18.3 Å². The first-order chi connectivity index (χ1) is 14.4. The second kappa shape index (κ2) is 10.4. The van der Waals surface area contributed by atoms with Gasteiger partial charge in [0.2, 0.25) is 0 Å². The lowest BCUT2D eigenvalue weighted by atomic mass is 10.2. The van der Waals surface area contributed by atoms with E-state index in [2.05, 4.69) is 70.5 Å². The van der Waals surface area contributed by atoms with Crippen LogP contribution in [0.15, 0.2) is 18.6 Å². The molecule has 0 aromatic carbocycles. The lowest BCUT2D eigenvalue weighted by molar-refractivity contribution is 0.238. The summed E-state index contributed by atoms with van der Waals surface area (Å²) in [5.74, 6) is 1.06. The Morgan fingerprint density at radius 3 is 1.50 bits per heavy atom. The summed E-state index contributed by atoms with van der Waals surface area (Å²) >= 11 is 0. The molecule has 10 heteroatoms. The van der Waals surface area contributed by atoms with E-state index in [0.29, 0.717) is 31.5 Å². The number of rotatable bonds is 12. The highest BCUT2D eigenvalue weighted by molar-refractivity contribution is 4.99. The van der Waals surface area contributed by atoms with Gasteiger partial charge in [-0.25, -0.2) is 0 Å². The first kappa shape index (κ1) is 22.1. The van der Waals surface area contributed by atoms with Gasteiger partial charge in [-0.3, -0.25) is 18.9 Å². The van der Waals surface area contributed by atoms with Gasteiger partial charge in [0, 0.05) is 57.9 Å². The molecule has 0 amide bonds. The molecule has 0 aliphatic carbocycles. The van der Waals surface area contributed by atoms with Gasteiger partial charge in [0.15, 0.2) is 0 Å². The maximum absolute atomic E-state index is 4.36. The molecule has 10 nitrogen and oxygen atoms in total. The summed E-state index contributed by atoms with van der Waals surface area (Å²) in [6.07, 6.45) is 7.10. The zero-order chi connectivity index (χ0) is 21.5. The Morgan fingerprint density at radius 2 is 1.10 bits per heavy atom. The van der Waals surface area contributed by atoms with E-state index in [4.69, 9.17) is 0 Å². The molecule has 0 radical (unpaired) electrons. The van der Waals surface area contributed by atoms with E-state index < -0.39 is 0 Å². The molecule has 0 fully saturated rings. The van der Waals surface area contributed by atoms with E-state index in [0.717, 1.165) is 43.1 Å². The fourth-order valence-corrected chi connectivity index (χ4v) is 3.35. The van der Waals surface area contributed by atoms with Crippen molar-refractivity contribution in [3.63, 3.8) is 0 Å². The van der Waals surface area contributed by atoms with E-state index in [1.807, 2.05) is 32.6 Å². The molecule has 3 heterocycles. The van der Waals surface area contributed by atoms with Gasteiger partial charge in [0.05, 0.1) is 17.1 Å². The fourth-order valence-electron chi connectivity index (χ4n) is 3.35. The van der Waals surface area contributed by atoms with Gasteiger partial charge in [-0.1, -0.05) is 50.3 Å². The van der Waals surface area contributed by atoms with Crippen molar-refractivity contribution in [3.05, 3.63) is 35.7 Å². The molecule has 0 saturated heterocycles. The molecule has 30 heavy (non-hydrogen) atoms. The van der Waals surface area contributed by atoms with E-state index in [1.54, 1.807) is 0 Å². The fraction of sp³-hybridized carbons (Fsp3) is 0.700. The first-order valence-corrected chi connectivity index (χ1v) is 10.8. The molecule has 0 aliphatic rings. The zero-order valence-corrected chi connectivity index (χ0v) is 18.8. The highest BCUT2D eigenvalue weighted by Gasteiger charge is 2.15. The molecule has 0 atom stereocenters. The van der Waals surface area contributed by atoms with Crippen LogP contribution in [0.2, 0.25) is 0 Å². The van der Waals surface area contributed by atoms with Gasteiger partial charge in [0.1, 0.15) is 0 Å². The molecule has 3 aromatic heterocycles. The van der Waals surface area contributed by atoms with Crippen LogP contribution in [0.4, 0.5) is 0 Å². The number of aromatic nitrogens is 9. The van der Waals surface area contributed by atoms with Gasteiger partial charge in [-0.2, -0.15) is 0 Å². The summed E-state index contributed by atoms with van der Waals surface area (Å²) in [7, 11) is 0. The van der Waals surface area contributed by atoms with Crippen molar-refractivity contribution in [2.75, 3.05) is 0 Å². The molecule has 0 unspecified atom stereocenters. The monoisotopic (exact) mass is 414 g/mol. The standard InChI is InChI=1S/C20H34N10/c1-6-7-28-13-18(21-24-28)10-27(11-19-14-29(25-22-19)8-16(2)3)12-20-15-30(26-23-20)9-17(4)5/h13-17H,6-12H2,1-5H3. The topological polar surface area (TPSA) is 95.4 Å². The lowest BCUT2D eigenvalue weighted by Crippen LogP contribution is -2.23. The van der Waals surface area contributed by atoms with Crippen molar-refractivity contribution in [1.82, 2.24) is 49.9 Å². The summed E-state index contributed by atoms with van der Waals surface area (Å²) in [5, 5.41) is 25.8. The van der Waals surface area contributed by atoms with Crippen LogP contribution in [0.25, 0.3) is 0 Å². The Kier molecular flexibility index (Phi) is 7.67. The number of hydrogen-bond donors (Lipinski definition) is 0. The van der Waals surface area contributed by atoms with Crippen molar-refractivity contribution in [3.8, 4) is 0 Å². The smallest absolute Gasteiger partial charge is 0.0967 e. The third kappa shape index (κ3) is 6.72. The van der Waals surface area contributed by atoms with Crippen LogP contribution in [-0.2, 0) is 39.3 Å². The van der Waals surface area contributed by atoms with E-state index in [-0.39, 0.29) is 0 Å². The Hall–Kier alpha value is -2.62. The average Bonchev–Trinajstić information content (AvgIpc) is 3.38. The highest BCUT2D eigenvalue weighted by atomic mass is 15.4. The van der Waals surface area contributed by atoms with Gasteiger partial charge < -0.3 is 0 Å². The number of hydrogen-bond acceptors (Lipinski definition) is 7. The van der Waals surface area contributed by atoms with Crippen molar-refractivity contribution >= 4 is 0 Å². The summed E-state index contributed by atoms with van der Waals surface area (Å²) < 4.78 is 5.72. The largest absolute Gasteiger partial charge is 0.285 e. The van der Waals surface area contributed by atoms with Crippen LogP contribution in [0.1, 0.15) is 58.1 Å². The predicted octanol–water partition coefficient (Wildman–Crippen LogP) is 2.39. The Bertz CT molecular complexity index is 841. The van der Waals surface area contributed by atoms with E-state index >= 15 is 0 Å². The molecule has 0 N–H and O–H groups in total. The van der Waals surface area contributed by atoms with Crippen molar-refractivity contribution in [2.45, 2.75) is 80.3 Å². The van der Waals surface area contributed by atoms with Crippen LogP contribution in [0.3, 0.4) is 0 Å². The summed E-state index contributed by atoms with van der Waals surface area (Å²) in [5.41, 5.74) is 2.81. The molecule has 0 saturated carbocycles. The molecule has 0 spiro atoms. The number of aryl methyl sites for hydroxylation is 1. The molecule has 0 aliphatic heterocycles. The minimum atomic E-state index is 0.528. The summed E-state index contributed by atoms with van der Waals surface area (Å²) in [6, 6.07) is 0. The summed E-state index contributed by atoms with van der Waals surface area (Å²) in [6.45, 7) is 15.4. The Balaban J connectivity index is 1.71. The molecular weight excluding hydrogens is 380 g/mol. The second-order valence-electron chi connectivity index (χ2n) is 8.77. The predicted molar refractivity (Wildman–Crippen MR) is 113 cm³/mol. The average molecular weight is 415 g/mol. The minimum absolute atomic E-state index is 0.528. The maximum Gasteiger partial charge on any atom is 0.0967 e. The first-order valence-electron chi connectivity index (χ1n) is 10.8. The highest BCUT2D eigenvalue weighted by Crippen LogP contribution is 2.12. The van der Waals surface area contributed by atoms with E-state index in [9.17, 15) is 0 Å². The lowest BCUT2D eigenvalue weighted by Gasteiger charge is -2.18. The molecule has 3 rings (SSSR count). The molecule has 3 aromatic rings. The minimum Gasteiger partial charge on any atom is -0.285 e. The Labute approximate surface area is 178 Å². The second-order valence-corrected chi connectivity index (χ2v) is 8.77. The zero-order valence-electron chi connectivity index (χ0n) is 18.8. The summed E-state index contributed by atoms with van der Waals surface area (Å²) in [4.78, 5) is 2.26. The quantitative estimate of drug-likeness (QED) is 0.449. The van der Waals surface area contributed by atoms with Crippen molar-refractivity contribution < 1.29 is 0 Å². The maximum atomic E-state index is 4.36. The third-order valence-corrected chi connectivity index (χ3v) is 4.47. The SMILES string of the molecule is CCCn1cc(CN(Cc2cn(CC(C)C)nn2)Cc2cn(CC(C)C)nn2)nn1. The van der Waals surface area contributed by atoms with Crippen LogP contribution >= 0.6 is 0 Å². The van der Waals surface area contributed by atoms with Gasteiger partial charge in [0.25, 0.3) is 0 Å². The van der Waals surface area contributed by atoms with Crippen molar-refractivity contribution in [2.24, 2.45) is 11.8 Å². The molecular formula is C20H34N10. The van der Waals surface area contributed by atoms with Gasteiger partial charge >= 0.3 is 0 Å². The van der Waals surface area contributed by atoms with Crippen molar-refractivity contribution in [1.29, 1.82) is 0 Å². The van der Waals surface area contributed by atoms with E-state index in [1.165, 1.54) is 0 Å². The Morgan fingerprint density at radius 1 is 0.700 bits per heavy atom. The molecule has 164 valence electrons. The van der Waals surface area contributed by atoms with Crippen LogP contribution in [-0.4, -0.2) is 49.9 Å². The van der Waals surface area contributed by atoms with Crippen LogP contribution < -0.4 is 0 Å².